The maximum Gasteiger partial charge on any atom is 0.262 e. The van der Waals surface area contributed by atoms with Crippen molar-refractivity contribution in [1.29, 1.82) is 0 Å². The van der Waals surface area contributed by atoms with E-state index >= 15 is 0 Å². The summed E-state index contributed by atoms with van der Waals surface area (Å²) in [6, 6.07) is 7.25. The van der Waals surface area contributed by atoms with Gasteiger partial charge in [0.1, 0.15) is 11.4 Å². The maximum absolute atomic E-state index is 12.7. The van der Waals surface area contributed by atoms with Crippen molar-refractivity contribution in [1.82, 2.24) is 19.7 Å². The second-order valence-electron chi connectivity index (χ2n) is 6.04. The van der Waals surface area contributed by atoms with E-state index in [0.717, 1.165) is 21.7 Å². The molecule has 0 aliphatic rings. The third kappa shape index (κ3) is 3.24. The number of thiophene rings is 1. The van der Waals surface area contributed by atoms with Gasteiger partial charge in [-0.1, -0.05) is 12.1 Å². The van der Waals surface area contributed by atoms with Crippen molar-refractivity contribution in [2.75, 3.05) is 14.2 Å². The summed E-state index contributed by atoms with van der Waals surface area (Å²) in [5.41, 5.74) is 0.603. The van der Waals surface area contributed by atoms with Crippen LogP contribution in [0.4, 0.5) is 0 Å². The van der Waals surface area contributed by atoms with Crippen LogP contribution in [0.3, 0.4) is 0 Å². The van der Waals surface area contributed by atoms with Crippen molar-refractivity contribution in [3.05, 3.63) is 51.7 Å². The van der Waals surface area contributed by atoms with Gasteiger partial charge < -0.3 is 14.0 Å². The highest BCUT2D eigenvalue weighted by Crippen LogP contribution is 2.31. The molecule has 3 aromatic heterocycles. The molecule has 0 unspecified atom stereocenters. The van der Waals surface area contributed by atoms with Crippen LogP contribution < -0.4 is 15.0 Å². The second-order valence-corrected chi connectivity index (χ2v) is 7.16. The van der Waals surface area contributed by atoms with Crippen molar-refractivity contribution in [2.45, 2.75) is 19.9 Å². The standard InChI is InChI=1S/C19H18N4O4S/c1-4-12-8-13-18(28-12)20-10-23(19(13)24)9-16-21-17(22-27-16)11-5-6-14(25-2)15(7-11)26-3/h5-8,10H,4,9H2,1-3H3. The summed E-state index contributed by atoms with van der Waals surface area (Å²) in [6.07, 6.45) is 2.39. The largest absolute Gasteiger partial charge is 0.493 e. The highest BCUT2D eigenvalue weighted by atomic mass is 32.1. The Labute approximate surface area is 164 Å². The molecule has 0 spiro atoms. The molecule has 0 amide bonds. The summed E-state index contributed by atoms with van der Waals surface area (Å²) < 4.78 is 17.3. The van der Waals surface area contributed by atoms with Gasteiger partial charge in [0.15, 0.2) is 11.5 Å². The van der Waals surface area contributed by atoms with Gasteiger partial charge in [0.05, 0.1) is 25.9 Å². The number of methoxy groups -OCH3 is 2. The summed E-state index contributed by atoms with van der Waals surface area (Å²) in [7, 11) is 3.14. The normalized spacial score (nSPS) is 11.1. The van der Waals surface area contributed by atoms with Gasteiger partial charge in [-0.25, -0.2) is 4.98 Å². The van der Waals surface area contributed by atoms with Crippen LogP contribution in [-0.2, 0) is 13.0 Å². The Hall–Kier alpha value is -3.20. The first-order chi connectivity index (χ1) is 13.6. The Kier molecular flexibility index (Phi) is 4.82. The minimum atomic E-state index is -0.119. The van der Waals surface area contributed by atoms with E-state index in [4.69, 9.17) is 14.0 Å². The van der Waals surface area contributed by atoms with E-state index in [9.17, 15) is 4.79 Å². The molecular weight excluding hydrogens is 380 g/mol. The minimum absolute atomic E-state index is 0.119. The average molecular weight is 398 g/mol. The summed E-state index contributed by atoms with van der Waals surface area (Å²) in [5.74, 6) is 1.91. The highest BCUT2D eigenvalue weighted by Gasteiger charge is 2.14. The van der Waals surface area contributed by atoms with Crippen molar-refractivity contribution < 1.29 is 14.0 Å². The predicted molar refractivity (Wildman–Crippen MR) is 105 cm³/mol. The molecule has 144 valence electrons. The first-order valence-electron chi connectivity index (χ1n) is 8.65. The van der Waals surface area contributed by atoms with Gasteiger partial charge >= 0.3 is 0 Å². The zero-order chi connectivity index (χ0) is 19.7. The first kappa shape index (κ1) is 18.2. The summed E-state index contributed by atoms with van der Waals surface area (Å²) in [4.78, 5) is 23.3. The number of rotatable bonds is 6. The summed E-state index contributed by atoms with van der Waals surface area (Å²) in [5, 5.41) is 4.62. The minimum Gasteiger partial charge on any atom is -0.493 e. The molecule has 8 nitrogen and oxygen atoms in total. The molecule has 0 aliphatic heterocycles. The third-order valence-corrected chi connectivity index (χ3v) is 5.52. The predicted octanol–water partition coefficient (Wildman–Crippen LogP) is 3.14. The van der Waals surface area contributed by atoms with Gasteiger partial charge in [-0.05, 0) is 30.7 Å². The highest BCUT2D eigenvalue weighted by molar-refractivity contribution is 7.18. The van der Waals surface area contributed by atoms with Gasteiger partial charge in [0, 0.05) is 10.4 Å². The lowest BCUT2D eigenvalue weighted by molar-refractivity contribution is 0.355. The van der Waals surface area contributed by atoms with Gasteiger partial charge in [0.2, 0.25) is 11.7 Å². The molecule has 0 atom stereocenters. The maximum atomic E-state index is 12.7. The zero-order valence-corrected chi connectivity index (χ0v) is 16.4. The molecular formula is C19H18N4O4S. The van der Waals surface area contributed by atoms with Crippen LogP contribution >= 0.6 is 11.3 Å². The van der Waals surface area contributed by atoms with Crippen LogP contribution in [0, 0.1) is 0 Å². The fraction of sp³-hybridized carbons (Fsp3) is 0.263. The molecule has 0 N–H and O–H groups in total. The lowest BCUT2D eigenvalue weighted by Crippen LogP contribution is -2.20. The topological polar surface area (TPSA) is 92.3 Å². The Morgan fingerprint density at radius 3 is 2.75 bits per heavy atom. The van der Waals surface area contributed by atoms with Crippen LogP contribution in [0.2, 0.25) is 0 Å². The fourth-order valence-electron chi connectivity index (χ4n) is 2.85. The Morgan fingerprint density at radius 1 is 1.18 bits per heavy atom. The lowest BCUT2D eigenvalue weighted by Gasteiger charge is -2.07. The number of aromatic nitrogens is 4. The Balaban J connectivity index is 1.63. The Bertz CT molecular complexity index is 1190. The number of aryl methyl sites for hydroxylation is 1. The van der Waals surface area contributed by atoms with Gasteiger partial charge in [-0.3, -0.25) is 9.36 Å². The molecule has 0 saturated carbocycles. The molecule has 28 heavy (non-hydrogen) atoms. The Morgan fingerprint density at radius 2 is 2.00 bits per heavy atom. The van der Waals surface area contributed by atoms with Gasteiger partial charge in [0.25, 0.3) is 5.56 Å². The van der Waals surface area contributed by atoms with Crippen molar-refractivity contribution >= 4 is 21.6 Å². The molecule has 0 fully saturated rings. The number of fused-ring (bicyclic) bond motifs is 1. The van der Waals surface area contributed by atoms with Crippen molar-refractivity contribution in [2.24, 2.45) is 0 Å². The number of hydrogen-bond acceptors (Lipinski definition) is 8. The number of nitrogens with zero attached hydrogens (tertiary/aromatic N) is 4. The van der Waals surface area contributed by atoms with E-state index in [-0.39, 0.29) is 12.1 Å². The molecule has 4 aromatic rings. The SMILES string of the molecule is CCc1cc2c(=O)n(Cc3nc(-c4ccc(OC)c(OC)c4)no3)cnc2s1. The molecule has 0 aliphatic carbocycles. The van der Waals surface area contributed by atoms with Crippen LogP contribution in [0.15, 0.2) is 39.9 Å². The number of ether oxygens (including phenoxy) is 2. The van der Waals surface area contributed by atoms with E-state index < -0.39 is 0 Å². The molecule has 4 rings (SSSR count). The van der Waals surface area contributed by atoms with Crippen molar-refractivity contribution in [3.63, 3.8) is 0 Å². The van der Waals surface area contributed by atoms with E-state index in [2.05, 4.69) is 22.0 Å². The first-order valence-corrected chi connectivity index (χ1v) is 9.47. The smallest absolute Gasteiger partial charge is 0.262 e. The molecule has 0 radical (unpaired) electrons. The second kappa shape index (κ2) is 7.43. The fourth-order valence-corrected chi connectivity index (χ4v) is 3.78. The molecule has 0 saturated heterocycles. The average Bonchev–Trinajstić information content (AvgIpc) is 3.37. The summed E-state index contributed by atoms with van der Waals surface area (Å²) >= 11 is 1.54. The third-order valence-electron chi connectivity index (χ3n) is 4.33. The van der Waals surface area contributed by atoms with E-state index in [1.165, 1.54) is 22.2 Å². The summed E-state index contributed by atoms with van der Waals surface area (Å²) in [6.45, 7) is 2.21. The zero-order valence-electron chi connectivity index (χ0n) is 15.6. The van der Waals surface area contributed by atoms with Crippen molar-refractivity contribution in [3.8, 4) is 22.9 Å². The molecule has 1 aromatic carbocycles. The van der Waals surface area contributed by atoms with Crippen LogP contribution in [0.5, 0.6) is 11.5 Å². The van der Waals surface area contributed by atoms with Crippen LogP contribution in [0.1, 0.15) is 17.7 Å². The van der Waals surface area contributed by atoms with Crippen LogP contribution in [0.25, 0.3) is 21.6 Å². The van der Waals surface area contributed by atoms with E-state index in [1.807, 2.05) is 12.1 Å². The number of benzene rings is 1. The number of hydrogen-bond donors (Lipinski definition) is 0. The molecule has 3 heterocycles. The molecule has 0 bridgehead atoms. The lowest BCUT2D eigenvalue weighted by atomic mass is 10.2. The molecule has 9 heteroatoms. The van der Waals surface area contributed by atoms with Gasteiger partial charge in [-0.15, -0.1) is 11.3 Å². The monoisotopic (exact) mass is 398 g/mol. The van der Waals surface area contributed by atoms with Gasteiger partial charge in [-0.2, -0.15) is 4.98 Å². The van der Waals surface area contributed by atoms with E-state index in [1.54, 1.807) is 26.4 Å². The quantitative estimate of drug-likeness (QED) is 0.493. The van der Waals surface area contributed by atoms with E-state index in [0.29, 0.717) is 28.6 Å². The van der Waals surface area contributed by atoms with Crippen LogP contribution in [-0.4, -0.2) is 33.9 Å².